The average Bonchev–Trinajstić information content (AvgIpc) is 3.55. The standard InChI is InChI=1S/C28H34N10O2/c1-17(2)33-23-11-25(38-26-19(14-32-38)10-18(12-29)13-31-26)30-15-22(23)24-16-36(35-34-24)20-6-8-21(9-7-20)37(27(39)40)28(3,4)5/h10-11,13-17,20-21H,6-9H2,1-5H3,(H,30,33)(H,39,40). The second-order valence-corrected chi connectivity index (χ2v) is 11.6. The maximum Gasteiger partial charge on any atom is 0.407 e. The average molecular weight is 543 g/mol. The molecule has 0 aliphatic heterocycles. The van der Waals surface area contributed by atoms with E-state index < -0.39 is 11.6 Å². The van der Waals surface area contributed by atoms with E-state index in [2.05, 4.69) is 50.6 Å². The third-order valence-corrected chi connectivity index (χ3v) is 7.21. The van der Waals surface area contributed by atoms with Gasteiger partial charge >= 0.3 is 6.09 Å². The second kappa shape index (κ2) is 10.6. The Morgan fingerprint density at radius 1 is 1.15 bits per heavy atom. The largest absolute Gasteiger partial charge is 0.465 e. The van der Waals surface area contributed by atoms with Crippen LogP contribution in [0, 0.1) is 11.3 Å². The van der Waals surface area contributed by atoms with Crippen LogP contribution < -0.4 is 5.32 Å². The van der Waals surface area contributed by atoms with Crippen molar-refractivity contribution < 1.29 is 9.90 Å². The van der Waals surface area contributed by atoms with E-state index in [1.54, 1.807) is 28.0 Å². The SMILES string of the molecule is CC(C)Nc1cc(-n2ncc3cc(C#N)cnc32)ncc1-c1cn(C2CCC(N(C(=O)O)C(C)(C)C)CC2)nn1. The van der Waals surface area contributed by atoms with Gasteiger partial charge < -0.3 is 15.3 Å². The minimum Gasteiger partial charge on any atom is -0.465 e. The van der Waals surface area contributed by atoms with Crippen LogP contribution >= 0.6 is 0 Å². The highest BCUT2D eigenvalue weighted by atomic mass is 16.4. The maximum atomic E-state index is 11.9. The Kier molecular flexibility index (Phi) is 7.14. The van der Waals surface area contributed by atoms with Crippen LogP contribution in [-0.4, -0.2) is 68.5 Å². The lowest BCUT2D eigenvalue weighted by molar-refractivity contribution is 0.0503. The highest BCUT2D eigenvalue weighted by Gasteiger charge is 2.36. The van der Waals surface area contributed by atoms with Gasteiger partial charge in [0.25, 0.3) is 0 Å². The molecule has 0 spiro atoms. The molecule has 4 aromatic rings. The fourth-order valence-electron chi connectivity index (χ4n) is 5.50. The first-order chi connectivity index (χ1) is 19.0. The van der Waals surface area contributed by atoms with E-state index in [9.17, 15) is 15.2 Å². The summed E-state index contributed by atoms with van der Waals surface area (Å²) in [6.07, 6.45) is 9.25. The van der Waals surface area contributed by atoms with Crippen LogP contribution in [0.2, 0.25) is 0 Å². The molecule has 0 radical (unpaired) electrons. The Balaban J connectivity index is 1.39. The molecule has 1 aliphatic rings. The number of amides is 1. The van der Waals surface area contributed by atoms with Gasteiger partial charge in [-0.25, -0.2) is 19.4 Å². The molecule has 0 unspecified atom stereocenters. The maximum absolute atomic E-state index is 11.9. The molecule has 0 saturated heterocycles. The van der Waals surface area contributed by atoms with Crippen molar-refractivity contribution in [1.82, 2.24) is 39.6 Å². The zero-order valence-corrected chi connectivity index (χ0v) is 23.4. The number of nitriles is 1. The Morgan fingerprint density at radius 3 is 2.55 bits per heavy atom. The molecule has 0 atom stereocenters. The number of fused-ring (bicyclic) bond motifs is 1. The fraction of sp³-hybridized carbons (Fsp3) is 0.464. The molecule has 40 heavy (non-hydrogen) atoms. The van der Waals surface area contributed by atoms with Crippen LogP contribution in [-0.2, 0) is 0 Å². The third kappa shape index (κ3) is 5.32. The van der Waals surface area contributed by atoms with E-state index in [-0.39, 0.29) is 18.1 Å². The normalized spacial score (nSPS) is 17.6. The number of nitrogens with one attached hydrogen (secondary N) is 1. The van der Waals surface area contributed by atoms with E-state index in [1.807, 2.05) is 37.7 Å². The van der Waals surface area contributed by atoms with Crippen molar-refractivity contribution in [2.24, 2.45) is 0 Å². The van der Waals surface area contributed by atoms with Gasteiger partial charge in [0, 0.05) is 52.7 Å². The number of anilines is 1. The van der Waals surface area contributed by atoms with Gasteiger partial charge in [-0.05, 0) is 66.4 Å². The molecule has 1 aliphatic carbocycles. The molecule has 1 fully saturated rings. The number of carboxylic acid groups (broad SMARTS) is 1. The van der Waals surface area contributed by atoms with Gasteiger partial charge in [-0.15, -0.1) is 5.10 Å². The first kappa shape index (κ1) is 27.1. The predicted molar refractivity (Wildman–Crippen MR) is 150 cm³/mol. The predicted octanol–water partition coefficient (Wildman–Crippen LogP) is 5.03. The molecule has 208 valence electrons. The number of hydrogen-bond donors (Lipinski definition) is 2. The highest BCUT2D eigenvalue weighted by molar-refractivity contribution is 5.79. The Bertz CT molecular complexity index is 1570. The molecule has 1 saturated carbocycles. The van der Waals surface area contributed by atoms with Crippen LogP contribution in [0.3, 0.4) is 0 Å². The summed E-state index contributed by atoms with van der Waals surface area (Å²) in [5.74, 6) is 0.589. The summed E-state index contributed by atoms with van der Waals surface area (Å²) in [5, 5.41) is 36.6. The lowest BCUT2D eigenvalue weighted by Crippen LogP contribution is -2.52. The van der Waals surface area contributed by atoms with Crippen molar-refractivity contribution in [1.29, 1.82) is 5.26 Å². The van der Waals surface area contributed by atoms with Gasteiger partial charge in [-0.2, -0.15) is 15.0 Å². The van der Waals surface area contributed by atoms with Gasteiger partial charge in [0.2, 0.25) is 0 Å². The Hall–Kier alpha value is -4.53. The fourth-order valence-corrected chi connectivity index (χ4v) is 5.50. The lowest BCUT2D eigenvalue weighted by atomic mass is 9.88. The second-order valence-electron chi connectivity index (χ2n) is 11.6. The van der Waals surface area contributed by atoms with Crippen molar-refractivity contribution in [2.45, 2.75) is 84.0 Å². The van der Waals surface area contributed by atoms with E-state index in [0.717, 1.165) is 42.3 Å². The molecular weight excluding hydrogens is 508 g/mol. The van der Waals surface area contributed by atoms with Crippen molar-refractivity contribution in [3.05, 3.63) is 42.5 Å². The zero-order valence-electron chi connectivity index (χ0n) is 23.4. The number of aromatic nitrogens is 7. The van der Waals surface area contributed by atoms with E-state index in [4.69, 9.17) is 0 Å². The number of rotatable bonds is 6. The third-order valence-electron chi connectivity index (χ3n) is 7.21. The summed E-state index contributed by atoms with van der Waals surface area (Å²) in [5.41, 5.74) is 3.01. The molecule has 5 rings (SSSR count). The lowest BCUT2D eigenvalue weighted by Gasteiger charge is -2.42. The first-order valence-corrected chi connectivity index (χ1v) is 13.5. The molecule has 4 aromatic heterocycles. The van der Waals surface area contributed by atoms with Crippen molar-refractivity contribution in [3.8, 4) is 23.1 Å². The van der Waals surface area contributed by atoms with Gasteiger partial charge in [-0.1, -0.05) is 5.21 Å². The van der Waals surface area contributed by atoms with Crippen LogP contribution in [0.15, 0.2) is 36.9 Å². The van der Waals surface area contributed by atoms with Gasteiger partial charge in [0.05, 0.1) is 24.0 Å². The van der Waals surface area contributed by atoms with Crippen LogP contribution in [0.5, 0.6) is 0 Å². The summed E-state index contributed by atoms with van der Waals surface area (Å²) in [4.78, 5) is 22.6. The molecular formula is C28H34N10O2. The quantitative estimate of drug-likeness (QED) is 0.342. The monoisotopic (exact) mass is 542 g/mol. The van der Waals surface area contributed by atoms with Crippen molar-refractivity contribution in [2.75, 3.05) is 5.32 Å². The Morgan fingerprint density at radius 2 is 1.90 bits per heavy atom. The van der Waals surface area contributed by atoms with Crippen LogP contribution in [0.25, 0.3) is 28.1 Å². The number of carbonyl (C=O) groups is 1. The van der Waals surface area contributed by atoms with E-state index in [1.165, 1.54) is 6.20 Å². The number of nitrogens with zero attached hydrogens (tertiary/aromatic N) is 9. The topological polar surface area (TPSA) is 151 Å². The Labute approximate surface area is 232 Å². The minimum absolute atomic E-state index is 0.00492. The number of hydrogen-bond acceptors (Lipinski definition) is 8. The minimum atomic E-state index is -0.870. The molecule has 1 amide bonds. The van der Waals surface area contributed by atoms with Gasteiger partial charge in [-0.3, -0.25) is 0 Å². The zero-order chi connectivity index (χ0) is 28.6. The summed E-state index contributed by atoms with van der Waals surface area (Å²) in [6, 6.07) is 6.08. The van der Waals surface area contributed by atoms with Crippen molar-refractivity contribution >= 4 is 22.8 Å². The summed E-state index contributed by atoms with van der Waals surface area (Å²) < 4.78 is 3.55. The molecule has 0 bridgehead atoms. The van der Waals surface area contributed by atoms with Gasteiger partial charge in [0.15, 0.2) is 11.5 Å². The molecule has 4 heterocycles. The summed E-state index contributed by atoms with van der Waals surface area (Å²) in [7, 11) is 0. The molecule has 0 aromatic carbocycles. The highest BCUT2D eigenvalue weighted by Crippen LogP contribution is 2.35. The number of pyridine rings is 2. The first-order valence-electron chi connectivity index (χ1n) is 13.5. The summed E-state index contributed by atoms with van der Waals surface area (Å²) >= 11 is 0. The molecule has 12 nitrogen and oxygen atoms in total. The smallest absolute Gasteiger partial charge is 0.407 e. The van der Waals surface area contributed by atoms with E-state index in [0.29, 0.717) is 22.7 Å². The van der Waals surface area contributed by atoms with Crippen LogP contribution in [0.4, 0.5) is 10.5 Å². The van der Waals surface area contributed by atoms with Crippen molar-refractivity contribution in [3.63, 3.8) is 0 Å². The molecule has 12 heteroatoms. The van der Waals surface area contributed by atoms with Gasteiger partial charge in [0.1, 0.15) is 11.8 Å². The van der Waals surface area contributed by atoms with E-state index >= 15 is 0 Å². The molecule has 2 N–H and O–H groups in total. The van der Waals surface area contributed by atoms with Crippen LogP contribution in [0.1, 0.15) is 71.9 Å². The summed E-state index contributed by atoms with van der Waals surface area (Å²) in [6.45, 7) is 9.94.